The quantitative estimate of drug-likeness (QED) is 0.685. The van der Waals surface area contributed by atoms with Crippen molar-refractivity contribution in [2.24, 2.45) is 0 Å². The van der Waals surface area contributed by atoms with Gasteiger partial charge in [-0.15, -0.1) is 0 Å². The van der Waals surface area contributed by atoms with Crippen molar-refractivity contribution in [2.75, 3.05) is 6.54 Å². The summed E-state index contributed by atoms with van der Waals surface area (Å²) in [4.78, 5) is 29.5. The number of ketones is 1. The first kappa shape index (κ1) is 18.9. The van der Waals surface area contributed by atoms with Gasteiger partial charge in [0.05, 0.1) is 11.6 Å². The molecular weight excluding hydrogens is 371 g/mol. The molecule has 1 amide bonds. The number of benzene rings is 2. The third-order valence-electron chi connectivity index (χ3n) is 5.43. The van der Waals surface area contributed by atoms with Gasteiger partial charge >= 0.3 is 0 Å². The predicted octanol–water partition coefficient (Wildman–Crippen LogP) is 4.14. The van der Waals surface area contributed by atoms with E-state index in [4.69, 9.17) is 0 Å². The molecule has 1 unspecified atom stereocenters. The van der Waals surface area contributed by atoms with E-state index in [0.717, 1.165) is 22.0 Å². The van der Waals surface area contributed by atoms with Crippen molar-refractivity contribution in [3.63, 3.8) is 0 Å². The molecule has 2 N–H and O–H groups in total. The van der Waals surface area contributed by atoms with Crippen LogP contribution in [-0.2, 0) is 16.0 Å². The molecule has 0 fully saturated rings. The van der Waals surface area contributed by atoms with E-state index in [2.05, 4.69) is 4.98 Å². The number of nitrogens with one attached hydrogen (secondary N) is 1. The lowest BCUT2D eigenvalue weighted by molar-refractivity contribution is -0.129. The SMILES string of the molecule is CC(=O)C1=C(O)C(=O)N(CCc2c[nH]c3ccccc23)C1c1ccc(C)cc1F. The molecule has 0 aliphatic carbocycles. The van der Waals surface area contributed by atoms with Crippen molar-refractivity contribution in [3.8, 4) is 0 Å². The van der Waals surface area contributed by atoms with Crippen LogP contribution in [0, 0.1) is 12.7 Å². The Bertz CT molecular complexity index is 1160. The molecule has 4 rings (SSSR count). The number of amides is 1. The van der Waals surface area contributed by atoms with Crippen molar-refractivity contribution < 1.29 is 19.1 Å². The number of rotatable bonds is 5. The summed E-state index contributed by atoms with van der Waals surface area (Å²) < 4.78 is 14.7. The van der Waals surface area contributed by atoms with Gasteiger partial charge in [-0.25, -0.2) is 4.39 Å². The van der Waals surface area contributed by atoms with Crippen LogP contribution in [0.1, 0.15) is 29.7 Å². The molecule has 0 saturated carbocycles. The number of aliphatic hydroxyl groups is 1. The van der Waals surface area contributed by atoms with Gasteiger partial charge in [-0.1, -0.05) is 30.3 Å². The standard InChI is InChI=1S/C23H21FN2O3/c1-13-7-8-17(18(24)11-13)21-20(14(2)27)22(28)23(29)26(21)10-9-15-12-25-19-6-4-3-5-16(15)19/h3-8,11-12,21,25,28H,9-10H2,1-2H3. The first-order chi connectivity index (χ1) is 13.9. The zero-order chi connectivity index (χ0) is 20.7. The molecule has 0 bridgehead atoms. The number of Topliss-reactive ketones (excluding diaryl/α,β-unsaturated/α-hetero) is 1. The Morgan fingerprint density at radius 1 is 1.24 bits per heavy atom. The molecular formula is C23H21FN2O3. The second-order valence-electron chi connectivity index (χ2n) is 7.35. The Morgan fingerprint density at radius 2 is 2.00 bits per heavy atom. The van der Waals surface area contributed by atoms with E-state index in [9.17, 15) is 19.1 Å². The smallest absolute Gasteiger partial charge is 0.290 e. The summed E-state index contributed by atoms with van der Waals surface area (Å²) in [6.45, 7) is 3.28. The summed E-state index contributed by atoms with van der Waals surface area (Å²) in [5.74, 6) is -2.20. The number of carbonyl (C=O) groups is 2. The molecule has 29 heavy (non-hydrogen) atoms. The van der Waals surface area contributed by atoms with Gasteiger partial charge in [-0.05, 0) is 43.5 Å². The summed E-state index contributed by atoms with van der Waals surface area (Å²) in [5, 5.41) is 11.4. The van der Waals surface area contributed by atoms with E-state index < -0.39 is 29.3 Å². The monoisotopic (exact) mass is 392 g/mol. The van der Waals surface area contributed by atoms with Crippen LogP contribution < -0.4 is 0 Å². The third-order valence-corrected chi connectivity index (χ3v) is 5.43. The average Bonchev–Trinajstić information content (AvgIpc) is 3.20. The van der Waals surface area contributed by atoms with Crippen LogP contribution in [0.4, 0.5) is 4.39 Å². The highest BCUT2D eigenvalue weighted by atomic mass is 19.1. The van der Waals surface area contributed by atoms with Gasteiger partial charge in [0.25, 0.3) is 5.91 Å². The lowest BCUT2D eigenvalue weighted by Gasteiger charge is -2.27. The summed E-state index contributed by atoms with van der Waals surface area (Å²) in [6, 6.07) is 11.6. The molecule has 1 aromatic heterocycles. The van der Waals surface area contributed by atoms with Gasteiger partial charge in [-0.3, -0.25) is 9.59 Å². The second-order valence-corrected chi connectivity index (χ2v) is 7.35. The first-order valence-electron chi connectivity index (χ1n) is 9.44. The number of fused-ring (bicyclic) bond motifs is 1. The maximum atomic E-state index is 14.7. The van der Waals surface area contributed by atoms with Crippen molar-refractivity contribution in [1.29, 1.82) is 0 Å². The topological polar surface area (TPSA) is 73.4 Å². The molecule has 1 aliphatic rings. The Balaban J connectivity index is 1.70. The second kappa shape index (κ2) is 7.20. The van der Waals surface area contributed by atoms with Crippen molar-refractivity contribution in [1.82, 2.24) is 9.88 Å². The van der Waals surface area contributed by atoms with E-state index in [1.165, 1.54) is 17.9 Å². The summed E-state index contributed by atoms with van der Waals surface area (Å²) in [7, 11) is 0. The Hall–Kier alpha value is -3.41. The van der Waals surface area contributed by atoms with Gasteiger partial charge in [0, 0.05) is 29.2 Å². The number of para-hydroxylation sites is 1. The number of aryl methyl sites for hydroxylation is 1. The fourth-order valence-electron chi connectivity index (χ4n) is 4.00. The summed E-state index contributed by atoms with van der Waals surface area (Å²) in [6.07, 6.45) is 2.38. The Labute approximate surface area is 167 Å². The number of aromatic amines is 1. The van der Waals surface area contributed by atoms with E-state index in [1.807, 2.05) is 30.5 Å². The van der Waals surface area contributed by atoms with Gasteiger partial charge in [0.15, 0.2) is 11.5 Å². The summed E-state index contributed by atoms with van der Waals surface area (Å²) in [5.41, 5.74) is 2.88. The molecule has 2 heterocycles. The zero-order valence-corrected chi connectivity index (χ0v) is 16.2. The third kappa shape index (κ3) is 3.20. The number of H-pyrrole nitrogens is 1. The maximum absolute atomic E-state index is 14.7. The predicted molar refractivity (Wildman–Crippen MR) is 108 cm³/mol. The molecule has 5 nitrogen and oxygen atoms in total. The maximum Gasteiger partial charge on any atom is 0.290 e. The fourth-order valence-corrected chi connectivity index (χ4v) is 4.00. The number of aromatic nitrogens is 1. The average molecular weight is 392 g/mol. The number of aliphatic hydroxyl groups excluding tert-OH is 1. The summed E-state index contributed by atoms with van der Waals surface area (Å²) >= 11 is 0. The van der Waals surface area contributed by atoms with Gasteiger partial charge < -0.3 is 15.0 Å². The number of halogens is 1. The van der Waals surface area contributed by atoms with Crippen molar-refractivity contribution in [3.05, 3.63) is 82.5 Å². The molecule has 0 radical (unpaired) electrons. The Morgan fingerprint density at radius 3 is 2.72 bits per heavy atom. The van der Waals surface area contributed by atoms with Crippen LogP contribution in [0.2, 0.25) is 0 Å². The molecule has 1 atom stereocenters. The molecule has 1 aliphatic heterocycles. The van der Waals surface area contributed by atoms with E-state index in [1.54, 1.807) is 19.1 Å². The van der Waals surface area contributed by atoms with Crippen LogP contribution in [-0.4, -0.2) is 33.2 Å². The number of carbonyl (C=O) groups excluding carboxylic acids is 2. The molecule has 0 spiro atoms. The highest BCUT2D eigenvalue weighted by Gasteiger charge is 2.43. The van der Waals surface area contributed by atoms with Crippen LogP contribution in [0.25, 0.3) is 10.9 Å². The number of hydrogen-bond acceptors (Lipinski definition) is 3. The van der Waals surface area contributed by atoms with Crippen LogP contribution >= 0.6 is 0 Å². The lowest BCUT2D eigenvalue weighted by atomic mass is 9.95. The molecule has 0 saturated heterocycles. The van der Waals surface area contributed by atoms with Crippen molar-refractivity contribution >= 4 is 22.6 Å². The van der Waals surface area contributed by atoms with Crippen molar-refractivity contribution in [2.45, 2.75) is 26.3 Å². The van der Waals surface area contributed by atoms with E-state index >= 15 is 0 Å². The fraction of sp³-hybridized carbons (Fsp3) is 0.217. The van der Waals surface area contributed by atoms with Crippen LogP contribution in [0.5, 0.6) is 0 Å². The number of hydrogen-bond donors (Lipinski definition) is 2. The minimum absolute atomic E-state index is 0.0586. The van der Waals surface area contributed by atoms with Crippen LogP contribution in [0.3, 0.4) is 0 Å². The first-order valence-corrected chi connectivity index (χ1v) is 9.44. The highest BCUT2D eigenvalue weighted by Crippen LogP contribution is 2.39. The van der Waals surface area contributed by atoms with E-state index in [-0.39, 0.29) is 17.7 Å². The molecule has 6 heteroatoms. The van der Waals surface area contributed by atoms with Crippen LogP contribution in [0.15, 0.2) is 60.0 Å². The van der Waals surface area contributed by atoms with Gasteiger partial charge in [0.1, 0.15) is 5.82 Å². The van der Waals surface area contributed by atoms with Gasteiger partial charge in [-0.2, -0.15) is 0 Å². The Kier molecular flexibility index (Phi) is 4.70. The van der Waals surface area contributed by atoms with E-state index in [0.29, 0.717) is 6.42 Å². The molecule has 2 aromatic carbocycles. The van der Waals surface area contributed by atoms with Gasteiger partial charge in [0.2, 0.25) is 0 Å². The minimum Gasteiger partial charge on any atom is -0.503 e. The minimum atomic E-state index is -0.939. The zero-order valence-electron chi connectivity index (χ0n) is 16.2. The molecule has 148 valence electrons. The highest BCUT2D eigenvalue weighted by molar-refractivity contribution is 6.08. The largest absolute Gasteiger partial charge is 0.503 e. The normalized spacial score (nSPS) is 16.9. The molecule has 3 aromatic rings. The number of nitrogens with zero attached hydrogens (tertiary/aromatic N) is 1. The lowest BCUT2D eigenvalue weighted by Crippen LogP contribution is -2.33.